The first-order valence-electron chi connectivity index (χ1n) is 6.66. The molecular weight excluding hydrogens is 236 g/mol. The second kappa shape index (κ2) is 5.27. The fourth-order valence-electron chi connectivity index (χ4n) is 2.56. The fourth-order valence-corrected chi connectivity index (χ4v) is 2.56. The summed E-state index contributed by atoms with van der Waals surface area (Å²) in [6.07, 6.45) is 1.99. The Labute approximate surface area is 113 Å². The molecular formula is C17H16O2. The minimum atomic E-state index is -0.105. The Morgan fingerprint density at radius 3 is 2.11 bits per heavy atom. The molecule has 1 fully saturated rings. The van der Waals surface area contributed by atoms with Crippen LogP contribution in [0.3, 0.4) is 0 Å². The van der Waals surface area contributed by atoms with Crippen LogP contribution in [0.15, 0.2) is 60.7 Å². The van der Waals surface area contributed by atoms with Crippen molar-refractivity contribution in [2.45, 2.75) is 18.8 Å². The Morgan fingerprint density at radius 2 is 1.53 bits per heavy atom. The summed E-state index contributed by atoms with van der Waals surface area (Å²) in [6, 6.07) is 19.5. The predicted octanol–water partition coefficient (Wildman–Crippen LogP) is 3.79. The van der Waals surface area contributed by atoms with Gasteiger partial charge in [-0.05, 0) is 36.5 Å². The molecule has 0 bridgehead atoms. The second-order valence-electron chi connectivity index (χ2n) is 4.94. The van der Waals surface area contributed by atoms with Crippen LogP contribution in [-0.4, -0.2) is 5.97 Å². The monoisotopic (exact) mass is 252 g/mol. The Bertz CT molecular complexity index is 548. The number of rotatable bonds is 3. The topological polar surface area (TPSA) is 26.3 Å². The second-order valence-corrected chi connectivity index (χ2v) is 4.94. The minimum Gasteiger partial charge on any atom is -0.426 e. The molecule has 0 saturated heterocycles. The van der Waals surface area contributed by atoms with Crippen LogP contribution in [0.5, 0.6) is 5.75 Å². The highest BCUT2D eigenvalue weighted by Crippen LogP contribution is 2.43. The van der Waals surface area contributed by atoms with E-state index in [-0.39, 0.29) is 11.9 Å². The highest BCUT2D eigenvalue weighted by Gasteiger charge is 2.38. The Morgan fingerprint density at radius 1 is 0.895 bits per heavy atom. The number of esters is 1. The molecule has 0 heterocycles. The molecule has 2 heteroatoms. The van der Waals surface area contributed by atoms with Crippen LogP contribution >= 0.6 is 0 Å². The van der Waals surface area contributed by atoms with Gasteiger partial charge in [0.2, 0.25) is 0 Å². The molecule has 0 aliphatic heterocycles. The average molecular weight is 252 g/mol. The summed E-state index contributed by atoms with van der Waals surface area (Å²) in [6.45, 7) is 0. The van der Waals surface area contributed by atoms with E-state index in [1.54, 1.807) is 0 Å². The molecule has 2 aromatic carbocycles. The molecule has 1 aliphatic carbocycles. The fraction of sp³-hybridized carbons (Fsp3) is 0.235. The van der Waals surface area contributed by atoms with Crippen LogP contribution in [-0.2, 0) is 4.79 Å². The van der Waals surface area contributed by atoms with Crippen LogP contribution in [0.25, 0.3) is 0 Å². The number of carbonyl (C=O) groups is 1. The van der Waals surface area contributed by atoms with E-state index in [4.69, 9.17) is 4.74 Å². The van der Waals surface area contributed by atoms with Gasteiger partial charge in [-0.15, -0.1) is 0 Å². The third kappa shape index (κ3) is 2.53. The first-order chi connectivity index (χ1) is 9.34. The van der Waals surface area contributed by atoms with Gasteiger partial charge in [0.25, 0.3) is 0 Å². The van der Waals surface area contributed by atoms with Crippen LogP contribution in [0.1, 0.15) is 24.3 Å². The first kappa shape index (κ1) is 12.0. The smallest absolute Gasteiger partial charge is 0.314 e. The first-order valence-corrected chi connectivity index (χ1v) is 6.66. The Kier molecular flexibility index (Phi) is 3.32. The zero-order chi connectivity index (χ0) is 13.1. The molecule has 0 N–H and O–H groups in total. The maximum atomic E-state index is 12.2. The predicted molar refractivity (Wildman–Crippen MR) is 74.0 cm³/mol. The quantitative estimate of drug-likeness (QED) is 0.613. The lowest BCUT2D eigenvalue weighted by molar-refractivity contribution is -0.142. The minimum absolute atomic E-state index is 0.00241. The van der Waals surface area contributed by atoms with Crippen LogP contribution < -0.4 is 4.74 Å². The number of ether oxygens (including phenoxy) is 1. The Balaban J connectivity index is 1.68. The lowest BCUT2D eigenvalue weighted by Gasteiger charge is -2.34. The van der Waals surface area contributed by atoms with Crippen LogP contribution in [0, 0.1) is 5.92 Å². The van der Waals surface area contributed by atoms with Gasteiger partial charge in [-0.25, -0.2) is 0 Å². The van der Waals surface area contributed by atoms with Crippen molar-refractivity contribution in [3.05, 3.63) is 66.2 Å². The van der Waals surface area contributed by atoms with Crippen LogP contribution in [0.4, 0.5) is 0 Å². The summed E-state index contributed by atoms with van der Waals surface area (Å²) >= 11 is 0. The molecule has 1 saturated carbocycles. The maximum absolute atomic E-state index is 12.2. The van der Waals surface area contributed by atoms with Crippen molar-refractivity contribution >= 4 is 5.97 Å². The van der Waals surface area contributed by atoms with Crippen molar-refractivity contribution in [1.29, 1.82) is 0 Å². The molecule has 2 atom stereocenters. The number of hydrogen-bond acceptors (Lipinski definition) is 2. The van der Waals surface area contributed by atoms with Gasteiger partial charge in [-0.1, -0.05) is 48.5 Å². The van der Waals surface area contributed by atoms with Crippen molar-refractivity contribution in [1.82, 2.24) is 0 Å². The molecule has 19 heavy (non-hydrogen) atoms. The maximum Gasteiger partial charge on any atom is 0.314 e. The SMILES string of the molecule is O=C(Oc1ccccc1)C1CCC1c1ccccc1. The summed E-state index contributed by atoms with van der Waals surface area (Å²) in [7, 11) is 0. The molecule has 0 amide bonds. The largest absolute Gasteiger partial charge is 0.426 e. The van der Waals surface area contributed by atoms with Crippen LogP contribution in [0.2, 0.25) is 0 Å². The zero-order valence-corrected chi connectivity index (χ0v) is 10.7. The third-order valence-electron chi connectivity index (χ3n) is 3.77. The highest BCUT2D eigenvalue weighted by molar-refractivity contribution is 5.77. The van der Waals surface area contributed by atoms with Gasteiger partial charge in [0.1, 0.15) is 5.75 Å². The van der Waals surface area contributed by atoms with Gasteiger partial charge in [0.05, 0.1) is 5.92 Å². The van der Waals surface area contributed by atoms with E-state index >= 15 is 0 Å². The van der Waals surface area contributed by atoms with Gasteiger partial charge >= 0.3 is 5.97 Å². The van der Waals surface area contributed by atoms with Gasteiger partial charge in [0.15, 0.2) is 0 Å². The van der Waals surface area contributed by atoms with Gasteiger partial charge in [-0.2, -0.15) is 0 Å². The lowest BCUT2D eigenvalue weighted by Crippen LogP contribution is -2.34. The molecule has 3 rings (SSSR count). The molecule has 2 aromatic rings. The molecule has 2 unspecified atom stereocenters. The van der Waals surface area contributed by atoms with E-state index in [1.807, 2.05) is 48.5 Å². The summed E-state index contributed by atoms with van der Waals surface area (Å²) in [4.78, 5) is 12.2. The summed E-state index contributed by atoms with van der Waals surface area (Å²) < 4.78 is 5.43. The van der Waals surface area contributed by atoms with Gasteiger partial charge in [0, 0.05) is 0 Å². The van der Waals surface area contributed by atoms with Crippen molar-refractivity contribution in [2.75, 3.05) is 0 Å². The van der Waals surface area contributed by atoms with Gasteiger partial charge in [-0.3, -0.25) is 4.79 Å². The van der Waals surface area contributed by atoms with E-state index in [0.717, 1.165) is 12.8 Å². The van der Waals surface area contributed by atoms with E-state index in [0.29, 0.717) is 11.7 Å². The third-order valence-corrected chi connectivity index (χ3v) is 3.77. The summed E-state index contributed by atoms with van der Waals surface area (Å²) in [5.74, 6) is 0.845. The normalized spacial score (nSPS) is 21.5. The molecule has 0 spiro atoms. The van der Waals surface area contributed by atoms with Crippen molar-refractivity contribution in [2.24, 2.45) is 5.92 Å². The number of carbonyl (C=O) groups excluding carboxylic acids is 1. The molecule has 0 aromatic heterocycles. The van der Waals surface area contributed by atoms with E-state index < -0.39 is 0 Å². The van der Waals surface area contributed by atoms with Gasteiger partial charge < -0.3 is 4.74 Å². The van der Waals surface area contributed by atoms with Crippen molar-refractivity contribution in [3.63, 3.8) is 0 Å². The lowest BCUT2D eigenvalue weighted by atomic mass is 9.70. The Hall–Kier alpha value is -2.09. The van der Waals surface area contributed by atoms with E-state index in [9.17, 15) is 4.79 Å². The summed E-state index contributed by atoms with van der Waals surface area (Å²) in [5, 5.41) is 0. The number of benzene rings is 2. The average Bonchev–Trinajstić information content (AvgIpc) is 2.39. The van der Waals surface area contributed by atoms with Crippen molar-refractivity contribution in [3.8, 4) is 5.75 Å². The molecule has 2 nitrogen and oxygen atoms in total. The standard InChI is InChI=1S/C17H16O2/c18-17(19-14-9-5-2-6-10-14)16-12-11-15(16)13-7-3-1-4-8-13/h1-10,15-16H,11-12H2. The van der Waals surface area contributed by atoms with Crippen molar-refractivity contribution < 1.29 is 9.53 Å². The zero-order valence-electron chi connectivity index (χ0n) is 10.7. The van der Waals surface area contributed by atoms with E-state index in [2.05, 4.69) is 12.1 Å². The molecule has 96 valence electrons. The number of para-hydroxylation sites is 1. The summed E-state index contributed by atoms with van der Waals surface area (Å²) in [5.41, 5.74) is 1.24. The molecule has 1 aliphatic rings. The molecule has 0 radical (unpaired) electrons. The number of hydrogen-bond donors (Lipinski definition) is 0. The van der Waals surface area contributed by atoms with E-state index in [1.165, 1.54) is 5.56 Å². The highest BCUT2D eigenvalue weighted by atomic mass is 16.5.